The second kappa shape index (κ2) is 7.99. The smallest absolute Gasteiger partial charge is 0.239 e. The number of sulfone groups is 1. The Hall–Kier alpha value is -2.31. The summed E-state index contributed by atoms with van der Waals surface area (Å²) in [4.78, 5) is 6.05. The molecule has 2 aliphatic heterocycles. The van der Waals surface area contributed by atoms with Gasteiger partial charge in [0.15, 0.2) is 21.5 Å². The van der Waals surface area contributed by atoms with Crippen LogP contribution in [-0.2, 0) is 26.4 Å². The minimum absolute atomic E-state index is 0.0482. The largest absolute Gasteiger partial charge is 0.361 e. The van der Waals surface area contributed by atoms with Crippen molar-refractivity contribution in [2.45, 2.75) is 35.6 Å². The van der Waals surface area contributed by atoms with Crippen LogP contribution in [0.4, 0.5) is 20.3 Å². The molecule has 0 atom stereocenters. The lowest BCUT2D eigenvalue weighted by Crippen LogP contribution is -2.38. The first kappa shape index (κ1) is 21.9. The lowest BCUT2D eigenvalue weighted by molar-refractivity contribution is 0.499. The van der Waals surface area contributed by atoms with Crippen LogP contribution in [0.5, 0.6) is 0 Å². The van der Waals surface area contributed by atoms with E-state index < -0.39 is 36.5 Å². The number of pyridine rings is 1. The molecule has 168 valence electrons. The van der Waals surface area contributed by atoms with Crippen molar-refractivity contribution >= 4 is 31.4 Å². The fourth-order valence-corrected chi connectivity index (χ4v) is 6.03. The maximum absolute atomic E-state index is 15.4. The Morgan fingerprint density at radius 3 is 2.29 bits per heavy atom. The summed E-state index contributed by atoms with van der Waals surface area (Å²) in [5.74, 6) is -2.69. The molecule has 8 nitrogen and oxygen atoms in total. The molecular weight excluding hydrogens is 450 g/mol. The standard InChI is InChI=1S/C19H22F2N4O4S2/c20-15-17-16(18(21)23-19(15)24-8-2-1-3-9-24)25(10-11-30(17,26)27)12-13-4-6-14(7-5-13)31(22,28)29/h4-7H,1-3,8-12H2,(H2,22,28,29). The second-order valence-corrected chi connectivity index (χ2v) is 11.3. The molecule has 0 spiro atoms. The van der Waals surface area contributed by atoms with Crippen LogP contribution in [0.2, 0.25) is 0 Å². The number of nitrogens with two attached hydrogens (primary N) is 1. The predicted octanol–water partition coefficient (Wildman–Crippen LogP) is 1.79. The summed E-state index contributed by atoms with van der Waals surface area (Å²) in [6.07, 6.45) is 2.57. The number of hydrogen-bond donors (Lipinski definition) is 1. The number of hydrogen-bond acceptors (Lipinski definition) is 7. The van der Waals surface area contributed by atoms with E-state index in [9.17, 15) is 16.8 Å². The molecule has 1 aromatic carbocycles. The molecule has 1 aromatic heterocycles. The van der Waals surface area contributed by atoms with Crippen LogP contribution >= 0.6 is 0 Å². The fourth-order valence-electron chi connectivity index (χ4n) is 3.97. The zero-order valence-corrected chi connectivity index (χ0v) is 18.2. The SMILES string of the molecule is NS(=O)(=O)c1ccc(CN2CCS(=O)(=O)c3c(F)c(N4CCCCC4)nc(F)c32)cc1. The molecule has 0 aliphatic carbocycles. The number of fused-ring (bicyclic) bond motifs is 1. The van der Waals surface area contributed by atoms with Gasteiger partial charge in [0.05, 0.1) is 10.6 Å². The molecule has 0 saturated carbocycles. The lowest BCUT2D eigenvalue weighted by atomic mass is 10.1. The second-order valence-electron chi connectivity index (χ2n) is 7.70. The van der Waals surface area contributed by atoms with Crippen LogP contribution in [0.25, 0.3) is 0 Å². The first-order valence-electron chi connectivity index (χ1n) is 9.81. The van der Waals surface area contributed by atoms with Crippen molar-refractivity contribution in [3.05, 3.63) is 41.6 Å². The summed E-state index contributed by atoms with van der Waals surface area (Å²) < 4.78 is 78.6. The van der Waals surface area contributed by atoms with Gasteiger partial charge in [-0.05, 0) is 37.0 Å². The molecule has 0 radical (unpaired) electrons. The molecule has 0 unspecified atom stereocenters. The van der Waals surface area contributed by atoms with Crippen molar-refractivity contribution in [2.75, 3.05) is 35.2 Å². The molecule has 4 rings (SSSR count). The van der Waals surface area contributed by atoms with Gasteiger partial charge in [0.1, 0.15) is 10.6 Å². The molecule has 0 amide bonds. The topological polar surface area (TPSA) is 114 Å². The Bertz CT molecular complexity index is 1210. The van der Waals surface area contributed by atoms with E-state index in [0.29, 0.717) is 18.7 Å². The Morgan fingerprint density at radius 2 is 1.68 bits per heavy atom. The van der Waals surface area contributed by atoms with Crippen LogP contribution < -0.4 is 14.9 Å². The number of benzene rings is 1. The molecule has 3 heterocycles. The van der Waals surface area contributed by atoms with E-state index in [1.807, 2.05) is 0 Å². The van der Waals surface area contributed by atoms with Gasteiger partial charge in [-0.15, -0.1) is 0 Å². The Kier molecular flexibility index (Phi) is 5.64. The highest BCUT2D eigenvalue weighted by Crippen LogP contribution is 2.39. The van der Waals surface area contributed by atoms with Crippen LogP contribution in [0.1, 0.15) is 24.8 Å². The monoisotopic (exact) mass is 472 g/mol. The molecule has 2 aliphatic rings. The first-order valence-corrected chi connectivity index (χ1v) is 13.0. The van der Waals surface area contributed by atoms with E-state index in [0.717, 1.165) is 19.3 Å². The van der Waals surface area contributed by atoms with Gasteiger partial charge in [-0.3, -0.25) is 0 Å². The summed E-state index contributed by atoms with van der Waals surface area (Å²) in [6, 6.07) is 5.60. The first-order chi connectivity index (χ1) is 14.6. The quantitative estimate of drug-likeness (QED) is 0.675. The molecule has 12 heteroatoms. The van der Waals surface area contributed by atoms with Crippen LogP contribution in [0.3, 0.4) is 0 Å². The van der Waals surface area contributed by atoms with Gasteiger partial charge >= 0.3 is 0 Å². The van der Waals surface area contributed by atoms with E-state index >= 15 is 8.78 Å². The summed E-state index contributed by atoms with van der Waals surface area (Å²) >= 11 is 0. The van der Waals surface area contributed by atoms with Crippen molar-refractivity contribution in [1.82, 2.24) is 4.98 Å². The number of nitrogens with zero attached hydrogens (tertiary/aromatic N) is 3. The average Bonchev–Trinajstić information content (AvgIpc) is 2.72. The van der Waals surface area contributed by atoms with Gasteiger partial charge in [0, 0.05) is 26.2 Å². The number of piperidine rings is 1. The summed E-state index contributed by atoms with van der Waals surface area (Å²) in [7, 11) is -7.89. The van der Waals surface area contributed by atoms with Gasteiger partial charge < -0.3 is 9.80 Å². The Labute approximate surface area is 179 Å². The van der Waals surface area contributed by atoms with Crippen molar-refractivity contribution < 1.29 is 25.6 Å². The molecule has 31 heavy (non-hydrogen) atoms. The highest BCUT2D eigenvalue weighted by atomic mass is 32.2. The third-order valence-electron chi connectivity index (χ3n) is 5.55. The summed E-state index contributed by atoms with van der Waals surface area (Å²) in [6.45, 7) is 0.979. The van der Waals surface area contributed by atoms with Crippen LogP contribution in [-0.4, -0.2) is 47.2 Å². The molecular formula is C19H22F2N4O4S2. The van der Waals surface area contributed by atoms with Gasteiger partial charge in [-0.25, -0.2) is 26.4 Å². The molecule has 1 fully saturated rings. The molecule has 2 aromatic rings. The predicted molar refractivity (Wildman–Crippen MR) is 111 cm³/mol. The number of anilines is 2. The normalized spacial score (nSPS) is 18.7. The van der Waals surface area contributed by atoms with E-state index in [4.69, 9.17) is 5.14 Å². The van der Waals surface area contributed by atoms with Gasteiger partial charge in [-0.1, -0.05) is 12.1 Å². The third-order valence-corrected chi connectivity index (χ3v) is 8.19. The van der Waals surface area contributed by atoms with E-state index in [1.54, 1.807) is 4.90 Å². The van der Waals surface area contributed by atoms with Crippen molar-refractivity contribution in [2.24, 2.45) is 5.14 Å². The number of aromatic nitrogens is 1. The van der Waals surface area contributed by atoms with Gasteiger partial charge in [-0.2, -0.15) is 9.37 Å². The van der Waals surface area contributed by atoms with Crippen molar-refractivity contribution in [1.29, 1.82) is 0 Å². The zero-order chi connectivity index (χ0) is 22.4. The Balaban J connectivity index is 1.73. The number of primary sulfonamides is 1. The number of sulfonamides is 1. The van der Waals surface area contributed by atoms with E-state index in [1.165, 1.54) is 29.2 Å². The average molecular weight is 473 g/mol. The van der Waals surface area contributed by atoms with Crippen molar-refractivity contribution in [3.8, 4) is 0 Å². The minimum atomic E-state index is -4.03. The highest BCUT2D eigenvalue weighted by molar-refractivity contribution is 7.91. The number of rotatable bonds is 4. The van der Waals surface area contributed by atoms with E-state index in [2.05, 4.69) is 4.98 Å². The fraction of sp³-hybridized carbons (Fsp3) is 0.421. The van der Waals surface area contributed by atoms with Gasteiger partial charge in [0.2, 0.25) is 16.0 Å². The maximum Gasteiger partial charge on any atom is 0.239 e. The summed E-state index contributed by atoms with van der Waals surface area (Å²) in [5, 5.41) is 5.09. The molecule has 1 saturated heterocycles. The zero-order valence-electron chi connectivity index (χ0n) is 16.6. The van der Waals surface area contributed by atoms with Crippen LogP contribution in [0.15, 0.2) is 34.1 Å². The summed E-state index contributed by atoms with van der Waals surface area (Å²) in [5.41, 5.74) is 0.192. The Morgan fingerprint density at radius 1 is 1.03 bits per heavy atom. The maximum atomic E-state index is 15.4. The third kappa shape index (κ3) is 4.23. The highest BCUT2D eigenvalue weighted by Gasteiger charge is 2.38. The van der Waals surface area contributed by atoms with Crippen LogP contribution in [0, 0.1) is 11.8 Å². The van der Waals surface area contributed by atoms with Crippen molar-refractivity contribution in [3.63, 3.8) is 0 Å². The number of halogens is 2. The van der Waals surface area contributed by atoms with Gasteiger partial charge in [0.25, 0.3) is 0 Å². The molecule has 2 N–H and O–H groups in total. The lowest BCUT2D eigenvalue weighted by Gasteiger charge is -2.34. The minimum Gasteiger partial charge on any atom is -0.361 e. The van der Waals surface area contributed by atoms with E-state index in [-0.39, 0.29) is 35.2 Å². The molecule has 0 bridgehead atoms.